The number of halogens is 5. The Bertz CT molecular complexity index is 1280. The number of aliphatic hydroxyl groups is 1. The number of nitrogens with zero attached hydrogens (tertiary/aromatic N) is 1. The number of hydrogen-bond acceptors (Lipinski definition) is 3. The molecule has 1 saturated carbocycles. The van der Waals surface area contributed by atoms with Gasteiger partial charge < -0.3 is 10.4 Å². The van der Waals surface area contributed by atoms with Gasteiger partial charge in [-0.1, -0.05) is 54.5 Å². The van der Waals surface area contributed by atoms with Crippen LogP contribution < -0.4 is 5.32 Å². The van der Waals surface area contributed by atoms with Crippen molar-refractivity contribution in [2.75, 3.05) is 0 Å². The Hall–Kier alpha value is -1.83. The Labute approximate surface area is 190 Å². The first kappa shape index (κ1) is 12.1. The van der Waals surface area contributed by atoms with Crippen molar-refractivity contribution < 1.29 is 36.8 Å². The van der Waals surface area contributed by atoms with Crippen LogP contribution in [0.4, 0.5) is 13.2 Å². The third-order valence-electron chi connectivity index (χ3n) is 3.92. The number of hydrogen-bond donors (Lipinski definition) is 2. The van der Waals surface area contributed by atoms with E-state index in [4.69, 9.17) is 36.9 Å². The summed E-state index contributed by atoms with van der Waals surface area (Å²) in [5, 5.41) is 12.4. The molecule has 0 radical (unpaired) electrons. The van der Waals surface area contributed by atoms with E-state index in [0.29, 0.717) is 12.3 Å². The van der Waals surface area contributed by atoms with Crippen molar-refractivity contribution in [2.45, 2.75) is 49.7 Å². The molecule has 1 fully saturated rings. The van der Waals surface area contributed by atoms with Crippen molar-refractivity contribution in [3.63, 3.8) is 0 Å². The maximum absolute atomic E-state index is 13.3. The van der Waals surface area contributed by atoms with E-state index >= 15 is 0 Å². The van der Waals surface area contributed by atoms with E-state index in [1.807, 2.05) is 5.32 Å². The number of alkyl halides is 3. The number of rotatable bonds is 4. The van der Waals surface area contributed by atoms with Crippen LogP contribution in [0.3, 0.4) is 0 Å². The summed E-state index contributed by atoms with van der Waals surface area (Å²) in [6, 6.07) is 2.50. The Morgan fingerprint density at radius 1 is 1.24 bits per heavy atom. The molecule has 2 aromatic rings. The van der Waals surface area contributed by atoms with Gasteiger partial charge in [-0.25, -0.2) is 4.98 Å². The highest BCUT2D eigenvalue weighted by molar-refractivity contribution is 6.34. The van der Waals surface area contributed by atoms with Crippen LogP contribution in [-0.2, 0) is 6.18 Å². The van der Waals surface area contributed by atoms with Crippen LogP contribution in [0.2, 0.25) is 10.0 Å². The first-order chi connectivity index (χ1) is 17.4. The highest BCUT2D eigenvalue weighted by Gasteiger charge is 2.41. The fraction of sp³-hybridized carbons (Fsp3) is 0.400. The molecule has 0 bridgehead atoms. The lowest BCUT2D eigenvalue weighted by Crippen LogP contribution is -2.47. The quantitative estimate of drug-likeness (QED) is 0.631. The first-order valence-electron chi connectivity index (χ1n) is 12.9. The molecule has 1 aliphatic rings. The normalized spacial score (nSPS) is 31.4. The molecule has 1 amide bonds. The zero-order chi connectivity index (χ0) is 30.2. The lowest BCUT2D eigenvalue weighted by molar-refractivity contribution is -0.137. The van der Waals surface area contributed by atoms with Gasteiger partial charge in [0.05, 0.1) is 22.2 Å². The molecule has 9 heteroatoms. The molecular formula is C20H19Cl2F3N2O2. The molecule has 2 N–H and O–H groups in total. The van der Waals surface area contributed by atoms with Gasteiger partial charge in [-0.2, -0.15) is 13.2 Å². The zero-order valence-electron chi connectivity index (χ0n) is 24.2. The average molecular weight is 457 g/mol. The summed E-state index contributed by atoms with van der Waals surface area (Å²) in [5.41, 5.74) is -6.96. The minimum absolute atomic E-state index is 0.121. The van der Waals surface area contributed by atoms with Gasteiger partial charge in [0.2, 0.25) is 0 Å². The van der Waals surface area contributed by atoms with Gasteiger partial charge >= 0.3 is 6.18 Å². The minimum Gasteiger partial charge on any atom is -0.387 e. The summed E-state index contributed by atoms with van der Waals surface area (Å²) < 4.78 is 122. The van der Waals surface area contributed by atoms with Crippen molar-refractivity contribution in [1.82, 2.24) is 10.3 Å². The molecule has 156 valence electrons. The maximum Gasteiger partial charge on any atom is 0.417 e. The lowest BCUT2D eigenvalue weighted by atomic mass is 9.77. The van der Waals surface area contributed by atoms with Crippen LogP contribution in [0.1, 0.15) is 73.2 Å². The Kier molecular flexibility index (Phi) is 3.55. The van der Waals surface area contributed by atoms with E-state index < -0.39 is 77.4 Å². The molecule has 1 atom stereocenters. The zero-order valence-corrected chi connectivity index (χ0v) is 15.7. The second-order valence-corrected chi connectivity index (χ2v) is 6.69. The molecule has 29 heavy (non-hydrogen) atoms. The summed E-state index contributed by atoms with van der Waals surface area (Å²) in [6.07, 6.45) is -24.2. The third-order valence-corrected chi connectivity index (χ3v) is 4.53. The SMILES string of the molecule is [2H]C1([2H])C([2H])([2H])C([2H])([2H])C(O)(C(NC(=O)c2nccc(C(F)(F)F)c2Cl)c2cccc(Cl)c2)C([2H])([2H])C1([2H])[2H]. The van der Waals surface area contributed by atoms with Crippen molar-refractivity contribution in [2.24, 2.45) is 0 Å². The molecular weight excluding hydrogens is 428 g/mol. The van der Waals surface area contributed by atoms with E-state index in [1.54, 1.807) is 0 Å². The molecule has 0 saturated heterocycles. The van der Waals surface area contributed by atoms with Crippen LogP contribution in [0.25, 0.3) is 0 Å². The predicted octanol–water partition coefficient (Wildman–Crippen LogP) is 5.57. The van der Waals surface area contributed by atoms with Crippen molar-refractivity contribution in [3.05, 3.63) is 63.4 Å². The molecule has 1 unspecified atom stereocenters. The highest BCUT2D eigenvalue weighted by Crippen LogP contribution is 2.40. The second kappa shape index (κ2) is 8.50. The van der Waals surface area contributed by atoms with Crippen LogP contribution in [0, 0.1) is 0 Å². The Morgan fingerprint density at radius 2 is 1.93 bits per heavy atom. The fourth-order valence-corrected chi connectivity index (χ4v) is 3.10. The van der Waals surface area contributed by atoms with Crippen LogP contribution in [0.5, 0.6) is 0 Å². The lowest BCUT2D eigenvalue weighted by Gasteiger charge is -2.40. The number of nitrogens with one attached hydrogen (secondary N) is 1. The molecule has 3 rings (SSSR count). The molecule has 1 aromatic heterocycles. The van der Waals surface area contributed by atoms with Crippen molar-refractivity contribution >= 4 is 29.1 Å². The summed E-state index contributed by atoms with van der Waals surface area (Å²) in [6.45, 7) is 0. The standard InChI is InChI=1S/C20H19Cl2F3N2O2/c21-13-6-4-5-12(11-13)17(19(29)8-2-1-3-9-19)27-18(28)16-15(22)14(7-10-26-16)20(23,24)25/h4-7,10-11,17,29H,1-3,8-9H2,(H,27,28)/i1D2,2D2,3D2,8D2,9D2. The minimum atomic E-state index is -5.03. The van der Waals surface area contributed by atoms with Gasteiger partial charge in [-0.3, -0.25) is 4.79 Å². The van der Waals surface area contributed by atoms with Crippen molar-refractivity contribution in [1.29, 1.82) is 0 Å². The maximum atomic E-state index is 13.3. The molecule has 1 heterocycles. The van der Waals surface area contributed by atoms with Gasteiger partial charge in [0, 0.05) is 24.9 Å². The molecule has 0 aliphatic heterocycles. The second-order valence-electron chi connectivity index (χ2n) is 5.87. The van der Waals surface area contributed by atoms with Gasteiger partial charge in [0.15, 0.2) is 0 Å². The van der Waals surface area contributed by atoms with Crippen LogP contribution >= 0.6 is 23.2 Å². The van der Waals surface area contributed by atoms with Gasteiger partial charge in [-0.15, -0.1) is 0 Å². The summed E-state index contributed by atoms with van der Waals surface area (Å²) in [4.78, 5) is 16.7. The molecule has 4 nitrogen and oxygen atoms in total. The van der Waals surface area contributed by atoms with Crippen LogP contribution in [-0.4, -0.2) is 21.6 Å². The third kappa shape index (κ3) is 4.85. The molecule has 1 aliphatic carbocycles. The fourth-order valence-electron chi connectivity index (χ4n) is 2.60. The van der Waals surface area contributed by atoms with Gasteiger partial charge in [0.1, 0.15) is 5.69 Å². The highest BCUT2D eigenvalue weighted by atomic mass is 35.5. The predicted molar refractivity (Wildman–Crippen MR) is 104 cm³/mol. The van der Waals surface area contributed by atoms with Gasteiger partial charge in [0.25, 0.3) is 5.91 Å². The number of amides is 1. The topological polar surface area (TPSA) is 62.2 Å². The Morgan fingerprint density at radius 3 is 2.55 bits per heavy atom. The number of carbonyl (C=O) groups is 1. The van der Waals surface area contributed by atoms with E-state index in [9.17, 15) is 23.1 Å². The Balaban J connectivity index is 2.33. The summed E-state index contributed by atoms with van der Waals surface area (Å²) in [5.74, 6) is -1.61. The van der Waals surface area contributed by atoms with Crippen LogP contribution in [0.15, 0.2) is 36.5 Å². The summed E-state index contributed by atoms with van der Waals surface area (Å²) in [7, 11) is 0. The van der Waals surface area contributed by atoms with E-state index in [2.05, 4.69) is 4.98 Å². The number of aromatic nitrogens is 1. The monoisotopic (exact) mass is 456 g/mol. The molecule has 1 aromatic carbocycles. The van der Waals surface area contributed by atoms with Crippen molar-refractivity contribution in [3.8, 4) is 0 Å². The molecule has 0 spiro atoms. The largest absolute Gasteiger partial charge is 0.417 e. The van der Waals surface area contributed by atoms with Gasteiger partial charge in [-0.05, 0) is 36.5 Å². The number of pyridine rings is 1. The summed E-state index contributed by atoms with van der Waals surface area (Å²) >= 11 is 11.7. The van der Waals surface area contributed by atoms with E-state index in [-0.39, 0.29) is 5.02 Å². The number of benzene rings is 1. The number of carbonyl (C=O) groups excluding carboxylic acids is 1. The first-order valence-corrected chi connectivity index (χ1v) is 8.67. The van der Waals surface area contributed by atoms with E-state index in [1.165, 1.54) is 12.1 Å². The van der Waals surface area contributed by atoms with E-state index in [0.717, 1.165) is 12.1 Å². The average Bonchev–Trinajstić information content (AvgIpc) is 2.79. The smallest absolute Gasteiger partial charge is 0.387 e.